The number of fused-ring (bicyclic) bond motifs is 1. The molecule has 2 saturated heterocycles. The van der Waals surface area contributed by atoms with E-state index < -0.39 is 0 Å². The van der Waals surface area contributed by atoms with Gasteiger partial charge in [0.2, 0.25) is 0 Å². The Kier molecular flexibility index (Phi) is 3.86. The molecule has 0 bridgehead atoms. The Hall–Kier alpha value is -0.910. The summed E-state index contributed by atoms with van der Waals surface area (Å²) in [6, 6.07) is 1.07. The lowest BCUT2D eigenvalue weighted by molar-refractivity contribution is 0.176. The highest BCUT2D eigenvalue weighted by Gasteiger charge is 2.31. The molecule has 2 aliphatic rings. The maximum absolute atomic E-state index is 6.04. The molecule has 1 aromatic rings. The number of nitrogens with zero attached hydrogens (tertiary/aromatic N) is 4. The first-order valence-corrected chi connectivity index (χ1v) is 7.44. The van der Waals surface area contributed by atoms with Gasteiger partial charge in [-0.15, -0.1) is 0 Å². The number of rotatable bonds is 3. The maximum atomic E-state index is 6.04. The Morgan fingerprint density at radius 3 is 2.95 bits per heavy atom. The van der Waals surface area contributed by atoms with Crippen LogP contribution in [0.15, 0.2) is 12.4 Å². The minimum Gasteiger partial charge on any atom is -0.329 e. The maximum Gasteiger partial charge on any atom is 0.0538 e. The monoisotopic (exact) mass is 263 g/mol. The van der Waals surface area contributed by atoms with Gasteiger partial charge in [0.05, 0.1) is 12.2 Å². The molecule has 19 heavy (non-hydrogen) atoms. The molecule has 2 atom stereocenters. The molecular formula is C14H25N5. The predicted molar refractivity (Wildman–Crippen MR) is 75.8 cm³/mol. The fourth-order valence-electron chi connectivity index (χ4n) is 3.63. The van der Waals surface area contributed by atoms with Gasteiger partial charge in [0.15, 0.2) is 0 Å². The van der Waals surface area contributed by atoms with Crippen molar-refractivity contribution in [3.05, 3.63) is 18.0 Å². The second-order valence-corrected chi connectivity index (χ2v) is 5.88. The van der Waals surface area contributed by atoms with E-state index in [9.17, 15) is 0 Å². The lowest BCUT2D eigenvalue weighted by atomic mass is 10.1. The number of nitrogens with two attached hydrogens (primary N) is 1. The molecule has 2 fully saturated rings. The van der Waals surface area contributed by atoms with Crippen molar-refractivity contribution in [3.8, 4) is 0 Å². The quantitative estimate of drug-likeness (QED) is 0.867. The molecule has 5 nitrogen and oxygen atoms in total. The molecule has 0 saturated carbocycles. The van der Waals surface area contributed by atoms with E-state index in [1.165, 1.54) is 37.9 Å². The summed E-state index contributed by atoms with van der Waals surface area (Å²) >= 11 is 0. The number of hydrogen-bond donors (Lipinski definition) is 1. The summed E-state index contributed by atoms with van der Waals surface area (Å²) in [6.45, 7) is 5.54. The summed E-state index contributed by atoms with van der Waals surface area (Å²) in [4.78, 5) is 5.24. The van der Waals surface area contributed by atoms with Crippen LogP contribution in [0.1, 0.15) is 30.9 Å². The fraction of sp³-hybridized carbons (Fsp3) is 0.786. The zero-order valence-electron chi connectivity index (χ0n) is 11.8. The smallest absolute Gasteiger partial charge is 0.0538 e. The average Bonchev–Trinajstić information content (AvgIpc) is 2.96. The van der Waals surface area contributed by atoms with E-state index in [2.05, 4.69) is 21.1 Å². The van der Waals surface area contributed by atoms with E-state index in [0.29, 0.717) is 12.6 Å². The number of aryl methyl sites for hydroxylation is 1. The van der Waals surface area contributed by atoms with Gasteiger partial charge in [-0.25, -0.2) is 0 Å². The Morgan fingerprint density at radius 1 is 1.37 bits per heavy atom. The first kappa shape index (κ1) is 13.1. The van der Waals surface area contributed by atoms with Crippen LogP contribution < -0.4 is 5.73 Å². The summed E-state index contributed by atoms with van der Waals surface area (Å²) in [5.41, 5.74) is 7.30. The average molecular weight is 263 g/mol. The highest BCUT2D eigenvalue weighted by atomic mass is 15.3. The molecule has 0 aliphatic carbocycles. The summed E-state index contributed by atoms with van der Waals surface area (Å²) in [5, 5.41) is 4.29. The Balaban J connectivity index is 1.75. The van der Waals surface area contributed by atoms with Gasteiger partial charge in [-0.1, -0.05) is 0 Å². The van der Waals surface area contributed by atoms with E-state index >= 15 is 0 Å². The van der Waals surface area contributed by atoms with Crippen molar-refractivity contribution in [2.75, 3.05) is 32.7 Å². The molecular weight excluding hydrogens is 238 g/mol. The summed E-state index contributed by atoms with van der Waals surface area (Å²) in [6.07, 6.45) is 8.04. The molecule has 106 valence electrons. The molecule has 2 aliphatic heterocycles. The van der Waals surface area contributed by atoms with Gasteiger partial charge in [0, 0.05) is 44.5 Å². The lowest BCUT2D eigenvalue weighted by Crippen LogP contribution is -2.40. The van der Waals surface area contributed by atoms with E-state index in [0.717, 1.165) is 19.1 Å². The van der Waals surface area contributed by atoms with Crippen molar-refractivity contribution in [1.29, 1.82) is 0 Å². The predicted octanol–water partition coefficient (Wildman–Crippen LogP) is 0.590. The molecule has 0 aromatic carbocycles. The largest absolute Gasteiger partial charge is 0.329 e. The van der Waals surface area contributed by atoms with E-state index in [4.69, 9.17) is 5.73 Å². The van der Waals surface area contributed by atoms with Crippen molar-refractivity contribution in [2.45, 2.75) is 31.3 Å². The molecule has 2 unspecified atom stereocenters. The lowest BCUT2D eigenvalue weighted by Gasteiger charge is -2.31. The number of aromatic nitrogens is 2. The van der Waals surface area contributed by atoms with Crippen LogP contribution in [0.4, 0.5) is 0 Å². The van der Waals surface area contributed by atoms with Crippen molar-refractivity contribution < 1.29 is 0 Å². The van der Waals surface area contributed by atoms with E-state index in [-0.39, 0.29) is 0 Å². The summed E-state index contributed by atoms with van der Waals surface area (Å²) in [5.74, 6) is 0. The second kappa shape index (κ2) is 5.61. The van der Waals surface area contributed by atoms with Crippen LogP contribution in [0.2, 0.25) is 0 Å². The van der Waals surface area contributed by atoms with Crippen molar-refractivity contribution in [1.82, 2.24) is 19.6 Å². The SMILES string of the molecule is Cn1cc(C(CN)N2CCCN3CCCC3C2)cn1. The second-order valence-electron chi connectivity index (χ2n) is 5.88. The zero-order valence-corrected chi connectivity index (χ0v) is 11.8. The fourth-order valence-corrected chi connectivity index (χ4v) is 3.63. The van der Waals surface area contributed by atoms with Gasteiger partial charge in [0.1, 0.15) is 0 Å². The third-order valence-corrected chi connectivity index (χ3v) is 4.61. The highest BCUT2D eigenvalue weighted by Crippen LogP contribution is 2.26. The summed E-state index contributed by atoms with van der Waals surface area (Å²) in [7, 11) is 1.97. The van der Waals surface area contributed by atoms with Crippen LogP contribution in [0, 0.1) is 0 Å². The van der Waals surface area contributed by atoms with Crippen molar-refractivity contribution in [2.24, 2.45) is 12.8 Å². The molecule has 3 rings (SSSR count). The topological polar surface area (TPSA) is 50.3 Å². The normalized spacial score (nSPS) is 27.2. The molecule has 2 N–H and O–H groups in total. The van der Waals surface area contributed by atoms with Crippen LogP contribution in [0.3, 0.4) is 0 Å². The van der Waals surface area contributed by atoms with Gasteiger partial charge >= 0.3 is 0 Å². The Bertz CT molecular complexity index is 416. The van der Waals surface area contributed by atoms with Crippen LogP contribution in [-0.4, -0.2) is 58.3 Å². The Morgan fingerprint density at radius 2 is 2.21 bits per heavy atom. The molecule has 1 aromatic heterocycles. The van der Waals surface area contributed by atoms with Gasteiger partial charge in [-0.2, -0.15) is 5.10 Å². The van der Waals surface area contributed by atoms with Gasteiger partial charge < -0.3 is 5.73 Å². The minimum absolute atomic E-state index is 0.328. The molecule has 0 amide bonds. The van der Waals surface area contributed by atoms with Crippen molar-refractivity contribution in [3.63, 3.8) is 0 Å². The third-order valence-electron chi connectivity index (χ3n) is 4.61. The first-order chi connectivity index (χ1) is 9.28. The van der Waals surface area contributed by atoms with E-state index in [1.54, 1.807) is 0 Å². The summed E-state index contributed by atoms with van der Waals surface area (Å²) < 4.78 is 1.87. The number of hydrogen-bond acceptors (Lipinski definition) is 4. The third kappa shape index (κ3) is 2.68. The Labute approximate surface area is 115 Å². The van der Waals surface area contributed by atoms with Gasteiger partial charge in [-0.3, -0.25) is 14.5 Å². The highest BCUT2D eigenvalue weighted by molar-refractivity contribution is 5.11. The molecule has 5 heteroatoms. The van der Waals surface area contributed by atoms with Crippen LogP contribution >= 0.6 is 0 Å². The molecule has 3 heterocycles. The van der Waals surface area contributed by atoms with Crippen molar-refractivity contribution >= 4 is 0 Å². The van der Waals surface area contributed by atoms with Crippen LogP contribution in [-0.2, 0) is 7.05 Å². The molecule has 0 radical (unpaired) electrons. The van der Waals surface area contributed by atoms with Gasteiger partial charge in [-0.05, 0) is 32.4 Å². The zero-order chi connectivity index (χ0) is 13.2. The minimum atomic E-state index is 0.328. The van der Waals surface area contributed by atoms with Crippen LogP contribution in [0.5, 0.6) is 0 Å². The first-order valence-electron chi connectivity index (χ1n) is 7.44. The molecule has 0 spiro atoms. The van der Waals surface area contributed by atoms with Crippen LogP contribution in [0.25, 0.3) is 0 Å². The standard InChI is InChI=1S/C14H25N5/c1-17-10-12(9-16-17)14(8-15)19-7-3-6-18-5-2-4-13(18)11-19/h9-10,13-14H,2-8,11,15H2,1H3. The van der Waals surface area contributed by atoms with Gasteiger partial charge in [0.25, 0.3) is 0 Å². The van der Waals surface area contributed by atoms with E-state index in [1.807, 2.05) is 17.9 Å².